The lowest BCUT2D eigenvalue weighted by Gasteiger charge is -2.20. The molecule has 0 radical (unpaired) electrons. The van der Waals surface area contributed by atoms with E-state index in [4.69, 9.17) is 0 Å². The first-order valence-electron chi connectivity index (χ1n) is 6.44. The van der Waals surface area contributed by atoms with Gasteiger partial charge < -0.3 is 10.6 Å². The van der Waals surface area contributed by atoms with Gasteiger partial charge in [0.1, 0.15) is 5.70 Å². The van der Waals surface area contributed by atoms with Crippen LogP contribution in [0, 0.1) is 5.41 Å². The van der Waals surface area contributed by atoms with Crippen molar-refractivity contribution in [2.45, 2.75) is 46.2 Å². The van der Waals surface area contributed by atoms with Gasteiger partial charge in [-0.25, -0.2) is 0 Å². The minimum absolute atomic E-state index is 0.191. The Morgan fingerprint density at radius 3 is 1.84 bits per heavy atom. The number of alkyl halides is 3. The fraction of sp³-hybridized carbons (Fsp3) is 0.714. The lowest BCUT2D eigenvalue weighted by Crippen LogP contribution is -2.26. The number of allylic oxidation sites excluding steroid dienone is 2. The van der Waals surface area contributed by atoms with Crippen LogP contribution in [0.25, 0.3) is 0 Å². The quantitative estimate of drug-likeness (QED) is 0.656. The molecule has 112 valence electrons. The normalized spacial score (nSPS) is 12.1. The summed E-state index contributed by atoms with van der Waals surface area (Å²) >= 11 is 0. The topological polar surface area (TPSA) is 24.1 Å². The van der Waals surface area contributed by atoms with E-state index in [0.717, 1.165) is 25.1 Å². The van der Waals surface area contributed by atoms with Crippen LogP contribution in [0.15, 0.2) is 24.6 Å². The molecule has 0 saturated heterocycles. The summed E-state index contributed by atoms with van der Waals surface area (Å²) in [6.07, 6.45) is -2.01. The van der Waals surface area contributed by atoms with Crippen molar-refractivity contribution >= 4 is 0 Å². The van der Waals surface area contributed by atoms with Crippen molar-refractivity contribution in [1.29, 1.82) is 0 Å². The number of unbranched alkanes of at least 4 members (excludes halogenated alkanes) is 1. The molecular weight excluding hydrogens is 253 g/mol. The summed E-state index contributed by atoms with van der Waals surface area (Å²) in [5, 5.41) is 5.47. The maximum Gasteiger partial charge on any atom is 0.430 e. The van der Waals surface area contributed by atoms with Crippen LogP contribution >= 0.6 is 0 Å². The predicted octanol–water partition coefficient (Wildman–Crippen LogP) is 3.97. The first kappa shape index (κ1) is 17.9. The largest absolute Gasteiger partial charge is 0.430 e. The van der Waals surface area contributed by atoms with E-state index in [9.17, 15) is 13.2 Å². The summed E-state index contributed by atoms with van der Waals surface area (Å²) in [7, 11) is 0. The van der Waals surface area contributed by atoms with Crippen molar-refractivity contribution in [3.05, 3.63) is 24.6 Å². The van der Waals surface area contributed by atoms with Crippen molar-refractivity contribution in [1.82, 2.24) is 10.6 Å². The Bertz CT molecular complexity index is 301. The van der Waals surface area contributed by atoms with E-state index in [0.29, 0.717) is 6.42 Å². The minimum atomic E-state index is -4.35. The highest BCUT2D eigenvalue weighted by Crippen LogP contribution is 2.22. The zero-order valence-electron chi connectivity index (χ0n) is 12.1. The van der Waals surface area contributed by atoms with E-state index in [-0.39, 0.29) is 12.0 Å². The van der Waals surface area contributed by atoms with Gasteiger partial charge in [-0.3, -0.25) is 0 Å². The van der Waals surface area contributed by atoms with Gasteiger partial charge in [0.05, 0.1) is 0 Å². The van der Waals surface area contributed by atoms with Gasteiger partial charge in [0.2, 0.25) is 0 Å². The van der Waals surface area contributed by atoms with Crippen LogP contribution in [0.1, 0.15) is 40.0 Å². The third kappa shape index (κ3) is 10.5. The number of hydrogen-bond acceptors (Lipinski definition) is 2. The summed E-state index contributed by atoms with van der Waals surface area (Å²) in [4.78, 5) is 0. The van der Waals surface area contributed by atoms with E-state index in [2.05, 4.69) is 44.6 Å². The molecule has 5 heteroatoms. The highest BCUT2D eigenvalue weighted by Gasteiger charge is 2.31. The molecule has 2 N–H and O–H groups in total. The highest BCUT2D eigenvalue weighted by molar-refractivity contribution is 4.99. The molecule has 0 aromatic carbocycles. The lowest BCUT2D eigenvalue weighted by atomic mass is 9.91. The Kier molecular flexibility index (Phi) is 7.01. The van der Waals surface area contributed by atoms with Gasteiger partial charge in [-0.15, -0.1) is 0 Å². The molecule has 0 atom stereocenters. The average molecular weight is 278 g/mol. The SMILES string of the molecule is C=C(CC(C)(C)C)NCCCCNC(=C)C(F)(F)F. The van der Waals surface area contributed by atoms with E-state index in [1.807, 2.05) is 0 Å². The van der Waals surface area contributed by atoms with Crippen LogP contribution in [0.4, 0.5) is 13.2 Å². The number of halogens is 3. The fourth-order valence-corrected chi connectivity index (χ4v) is 1.56. The minimum Gasteiger partial charge on any atom is -0.389 e. The molecule has 0 aliphatic carbocycles. The summed E-state index contributed by atoms with van der Waals surface area (Å²) in [6, 6.07) is 0. The molecule has 0 spiro atoms. The van der Waals surface area contributed by atoms with Gasteiger partial charge in [0.15, 0.2) is 0 Å². The monoisotopic (exact) mass is 278 g/mol. The van der Waals surface area contributed by atoms with Crippen molar-refractivity contribution < 1.29 is 13.2 Å². The second-order valence-corrected chi connectivity index (χ2v) is 5.88. The van der Waals surface area contributed by atoms with Gasteiger partial charge in [-0.2, -0.15) is 13.2 Å². The van der Waals surface area contributed by atoms with Crippen molar-refractivity contribution in [3.8, 4) is 0 Å². The van der Waals surface area contributed by atoms with Crippen LogP contribution < -0.4 is 10.6 Å². The summed E-state index contributed by atoms with van der Waals surface area (Å²) in [6.45, 7) is 14.3. The third-order valence-electron chi connectivity index (χ3n) is 2.40. The molecule has 0 amide bonds. The molecule has 0 saturated carbocycles. The van der Waals surface area contributed by atoms with E-state index in [1.54, 1.807) is 0 Å². The molecule has 0 aliphatic rings. The summed E-state index contributed by atoms with van der Waals surface area (Å²) in [5.41, 5.74) is 0.286. The highest BCUT2D eigenvalue weighted by atomic mass is 19.4. The van der Waals surface area contributed by atoms with Crippen LogP contribution in [0.3, 0.4) is 0 Å². The second kappa shape index (κ2) is 7.46. The average Bonchev–Trinajstić information content (AvgIpc) is 2.18. The second-order valence-electron chi connectivity index (χ2n) is 5.88. The van der Waals surface area contributed by atoms with Crippen LogP contribution in [-0.2, 0) is 0 Å². The van der Waals surface area contributed by atoms with Gasteiger partial charge in [-0.05, 0) is 24.7 Å². The van der Waals surface area contributed by atoms with E-state index >= 15 is 0 Å². The molecule has 0 fully saturated rings. The lowest BCUT2D eigenvalue weighted by molar-refractivity contribution is -0.0962. The number of nitrogens with one attached hydrogen (secondary N) is 2. The smallest absolute Gasteiger partial charge is 0.389 e. The summed E-state index contributed by atoms with van der Waals surface area (Å²) < 4.78 is 36.3. The molecule has 0 heterocycles. The Morgan fingerprint density at radius 1 is 0.947 bits per heavy atom. The zero-order chi connectivity index (χ0) is 15.1. The predicted molar refractivity (Wildman–Crippen MR) is 73.6 cm³/mol. The standard InChI is InChI=1S/C14H25F3N2/c1-11(10-13(3,4)5)18-8-6-7-9-19-12(2)14(15,16)17/h18-19H,1-2,6-10H2,3-5H3. The maximum atomic E-state index is 12.1. The molecular formula is C14H25F3N2. The number of rotatable bonds is 8. The van der Waals surface area contributed by atoms with E-state index in [1.165, 1.54) is 0 Å². The van der Waals surface area contributed by atoms with Crippen molar-refractivity contribution in [2.24, 2.45) is 5.41 Å². The molecule has 19 heavy (non-hydrogen) atoms. The fourth-order valence-electron chi connectivity index (χ4n) is 1.56. The Labute approximate surface area is 114 Å². The molecule has 0 aromatic rings. The first-order valence-corrected chi connectivity index (χ1v) is 6.44. The van der Waals surface area contributed by atoms with Gasteiger partial charge in [0, 0.05) is 18.8 Å². The van der Waals surface area contributed by atoms with Crippen LogP contribution in [-0.4, -0.2) is 19.3 Å². The molecule has 0 rings (SSSR count). The van der Waals surface area contributed by atoms with Gasteiger partial charge in [0.25, 0.3) is 0 Å². The van der Waals surface area contributed by atoms with Crippen molar-refractivity contribution in [2.75, 3.05) is 13.1 Å². The van der Waals surface area contributed by atoms with Gasteiger partial charge in [-0.1, -0.05) is 33.9 Å². The first-order chi connectivity index (χ1) is 8.52. The number of hydrogen-bond donors (Lipinski definition) is 2. The van der Waals surface area contributed by atoms with Crippen molar-refractivity contribution in [3.63, 3.8) is 0 Å². The van der Waals surface area contributed by atoms with Crippen LogP contribution in [0.5, 0.6) is 0 Å². The molecule has 2 nitrogen and oxygen atoms in total. The maximum absolute atomic E-state index is 12.1. The third-order valence-corrected chi connectivity index (χ3v) is 2.40. The Hall–Kier alpha value is -1.13. The molecule has 0 bridgehead atoms. The van der Waals surface area contributed by atoms with E-state index < -0.39 is 11.9 Å². The summed E-state index contributed by atoms with van der Waals surface area (Å²) in [5.74, 6) is 0. The Balaban J connectivity index is 3.57. The van der Waals surface area contributed by atoms with Gasteiger partial charge >= 0.3 is 6.18 Å². The Morgan fingerprint density at radius 2 is 1.42 bits per heavy atom. The van der Waals surface area contributed by atoms with Crippen LogP contribution in [0.2, 0.25) is 0 Å². The molecule has 0 unspecified atom stereocenters. The molecule has 0 aromatic heterocycles. The molecule has 0 aliphatic heterocycles. The zero-order valence-corrected chi connectivity index (χ0v) is 12.1.